The Morgan fingerprint density at radius 2 is 0.370 bits per heavy atom. The van der Waals surface area contributed by atoms with Gasteiger partial charge in [-0.15, -0.1) is 0 Å². The molecule has 0 aliphatic rings. The Bertz CT molecular complexity index is 468. The summed E-state index contributed by atoms with van der Waals surface area (Å²) >= 11 is 0. The second kappa shape index (κ2) is 35.1. The Morgan fingerprint density at radius 1 is 0.217 bits per heavy atom. The van der Waals surface area contributed by atoms with E-state index in [2.05, 4.69) is 34.6 Å². The van der Waals surface area contributed by atoms with Crippen molar-refractivity contribution >= 4 is 7.74 Å². The molecule has 0 radical (unpaired) electrons. The fourth-order valence-electron chi connectivity index (χ4n) is 5.85. The molecule has 5 nitrogen and oxygen atoms in total. The predicted molar refractivity (Wildman–Crippen MR) is 204 cm³/mol. The quantitative estimate of drug-likeness (QED) is 0.0477. The third-order valence-electron chi connectivity index (χ3n) is 9.00. The second-order valence-corrected chi connectivity index (χ2v) is 16.5. The molecule has 0 aliphatic heterocycles. The fourth-order valence-corrected chi connectivity index (χ4v) is 8.73. The molecule has 0 heterocycles. The third-order valence-corrected chi connectivity index (χ3v) is 12.0. The first-order chi connectivity index (χ1) is 22.6. The van der Waals surface area contributed by atoms with Crippen molar-refractivity contribution in [3.05, 3.63) is 0 Å². The van der Waals surface area contributed by atoms with E-state index in [9.17, 15) is 0 Å². The van der Waals surface area contributed by atoms with Crippen molar-refractivity contribution in [2.24, 2.45) is 0 Å². The maximum atomic E-state index is 6.85. The summed E-state index contributed by atoms with van der Waals surface area (Å²) in [4.78, 5) is 0. The molecule has 0 aromatic heterocycles. The molecule has 0 amide bonds. The summed E-state index contributed by atoms with van der Waals surface area (Å²) in [7, 11) is -4.23. The van der Waals surface area contributed by atoms with Crippen LogP contribution < -0.4 is 0 Å². The Hall–Kier alpha value is 0.230. The Kier molecular flexibility index (Phi) is 35.2. The molecule has 0 saturated carbocycles. The standard InChI is InChI=1S/C40H85O5P/c1-6-11-16-21-26-31-36-41-46(42-37-32-27-22-17-12-7-2,43-38-33-28-23-18-13-8-3,44-39-34-29-24-19-14-9-4)45-40-35-30-25-20-15-10-5/h6-40H2,1-5H3. The van der Waals surface area contributed by atoms with Gasteiger partial charge in [0, 0.05) is 0 Å². The summed E-state index contributed by atoms with van der Waals surface area (Å²) in [5.41, 5.74) is 0. The van der Waals surface area contributed by atoms with Crippen LogP contribution in [-0.2, 0) is 22.6 Å². The topological polar surface area (TPSA) is 46.2 Å². The van der Waals surface area contributed by atoms with Crippen molar-refractivity contribution < 1.29 is 22.6 Å². The van der Waals surface area contributed by atoms with Gasteiger partial charge in [0.15, 0.2) is 0 Å². The summed E-state index contributed by atoms with van der Waals surface area (Å²) in [6.45, 7) is 14.2. The summed E-state index contributed by atoms with van der Waals surface area (Å²) in [6, 6.07) is 0. The zero-order chi connectivity index (χ0) is 33.7. The molecule has 0 spiro atoms. The first kappa shape index (κ1) is 46.2. The Labute approximate surface area is 290 Å². The van der Waals surface area contributed by atoms with Crippen LogP contribution in [0.25, 0.3) is 0 Å². The van der Waals surface area contributed by atoms with E-state index >= 15 is 0 Å². The summed E-state index contributed by atoms with van der Waals surface area (Å²) in [5, 5.41) is 0. The molecule has 46 heavy (non-hydrogen) atoms. The van der Waals surface area contributed by atoms with Gasteiger partial charge in [0.2, 0.25) is 0 Å². The van der Waals surface area contributed by atoms with E-state index in [1.165, 1.54) is 128 Å². The van der Waals surface area contributed by atoms with Gasteiger partial charge in [-0.2, -0.15) is 0 Å². The van der Waals surface area contributed by atoms with Crippen LogP contribution in [0.4, 0.5) is 0 Å². The monoisotopic (exact) mass is 677 g/mol. The van der Waals surface area contributed by atoms with Crippen LogP contribution in [0.3, 0.4) is 0 Å². The summed E-state index contributed by atoms with van der Waals surface area (Å²) in [6.07, 6.45) is 36.4. The molecule has 0 bridgehead atoms. The summed E-state index contributed by atoms with van der Waals surface area (Å²) < 4.78 is 34.2. The molecule has 0 aliphatic carbocycles. The average Bonchev–Trinajstić information content (AvgIpc) is 3.06. The number of hydrogen-bond donors (Lipinski definition) is 0. The van der Waals surface area contributed by atoms with Gasteiger partial charge in [0.25, 0.3) is 0 Å². The zero-order valence-electron chi connectivity index (χ0n) is 32.2. The normalized spacial score (nSPS) is 12.9. The molecule has 280 valence electrons. The van der Waals surface area contributed by atoms with Gasteiger partial charge in [-0.25, -0.2) is 0 Å². The van der Waals surface area contributed by atoms with Crippen LogP contribution in [0.2, 0.25) is 0 Å². The van der Waals surface area contributed by atoms with E-state index in [1.54, 1.807) is 0 Å². The summed E-state index contributed by atoms with van der Waals surface area (Å²) in [5.74, 6) is 0. The van der Waals surface area contributed by atoms with E-state index in [1.807, 2.05) is 0 Å². The van der Waals surface area contributed by atoms with Crippen molar-refractivity contribution in [1.29, 1.82) is 0 Å². The van der Waals surface area contributed by atoms with Gasteiger partial charge in [0.1, 0.15) is 0 Å². The van der Waals surface area contributed by atoms with Crippen molar-refractivity contribution in [2.75, 3.05) is 33.0 Å². The Morgan fingerprint density at radius 3 is 0.543 bits per heavy atom. The number of unbranched alkanes of at least 4 members (excludes halogenated alkanes) is 25. The van der Waals surface area contributed by atoms with Gasteiger partial charge in [-0.1, -0.05) is 0 Å². The minimum absolute atomic E-state index is 0.573. The van der Waals surface area contributed by atoms with E-state index in [0.29, 0.717) is 33.0 Å². The zero-order valence-corrected chi connectivity index (χ0v) is 33.1. The molecule has 0 saturated heterocycles. The fraction of sp³-hybridized carbons (Fsp3) is 1.00. The van der Waals surface area contributed by atoms with Crippen LogP contribution in [-0.4, -0.2) is 33.0 Å². The van der Waals surface area contributed by atoms with Gasteiger partial charge in [-0.05, 0) is 0 Å². The molecule has 0 atom stereocenters. The molecule has 0 fully saturated rings. The van der Waals surface area contributed by atoms with Crippen molar-refractivity contribution in [2.45, 2.75) is 227 Å². The number of hydrogen-bond acceptors (Lipinski definition) is 5. The van der Waals surface area contributed by atoms with E-state index in [4.69, 9.17) is 22.6 Å². The van der Waals surface area contributed by atoms with Gasteiger partial charge in [0.05, 0.1) is 0 Å². The molecule has 0 aromatic rings. The van der Waals surface area contributed by atoms with E-state index < -0.39 is 7.74 Å². The van der Waals surface area contributed by atoms with Gasteiger partial charge >= 0.3 is 291 Å². The van der Waals surface area contributed by atoms with Crippen LogP contribution in [0.1, 0.15) is 227 Å². The molecular formula is C40H85O5P. The molecule has 6 heteroatoms. The molecule has 0 unspecified atom stereocenters. The van der Waals surface area contributed by atoms with Crippen LogP contribution in [0, 0.1) is 0 Å². The van der Waals surface area contributed by atoms with Gasteiger partial charge in [-0.3, -0.25) is 0 Å². The maximum absolute atomic E-state index is 6.85. The van der Waals surface area contributed by atoms with Gasteiger partial charge < -0.3 is 0 Å². The third kappa shape index (κ3) is 27.1. The van der Waals surface area contributed by atoms with E-state index in [0.717, 1.165) is 64.2 Å². The van der Waals surface area contributed by atoms with Crippen molar-refractivity contribution in [3.8, 4) is 0 Å². The minimum atomic E-state index is -4.23. The van der Waals surface area contributed by atoms with Crippen LogP contribution in [0.5, 0.6) is 0 Å². The number of rotatable bonds is 40. The SMILES string of the molecule is CCCCCCCCOP(OCCCCCCCC)(OCCCCCCCC)(OCCCCCCCC)OCCCCCCCC. The van der Waals surface area contributed by atoms with Crippen molar-refractivity contribution in [1.82, 2.24) is 0 Å². The average molecular weight is 677 g/mol. The molecule has 0 rings (SSSR count). The van der Waals surface area contributed by atoms with Crippen LogP contribution >= 0.6 is 7.74 Å². The van der Waals surface area contributed by atoms with Crippen LogP contribution in [0.15, 0.2) is 0 Å². The molecule has 0 aromatic carbocycles. The van der Waals surface area contributed by atoms with Crippen molar-refractivity contribution in [3.63, 3.8) is 0 Å². The predicted octanol–water partition coefficient (Wildman–Crippen LogP) is 15.0. The second-order valence-electron chi connectivity index (χ2n) is 13.8. The van der Waals surface area contributed by atoms with E-state index in [-0.39, 0.29) is 0 Å². The Balaban J connectivity index is 5.79. The molecule has 0 N–H and O–H groups in total. The molecular weight excluding hydrogens is 591 g/mol. The first-order valence-corrected chi connectivity index (χ1v) is 22.7. The first-order valence-electron chi connectivity index (χ1n) is 20.9.